The highest BCUT2D eigenvalue weighted by Gasteiger charge is 2.28. The van der Waals surface area contributed by atoms with Gasteiger partial charge >= 0.3 is 0 Å². The van der Waals surface area contributed by atoms with Gasteiger partial charge in [0.05, 0.1) is 27.2 Å². The number of aliphatic hydroxyl groups excluding tert-OH is 1. The monoisotopic (exact) mass is 358 g/mol. The summed E-state index contributed by atoms with van der Waals surface area (Å²) in [7, 11) is 4.86. The van der Waals surface area contributed by atoms with E-state index in [1.54, 1.807) is 25.3 Å². The molecule has 2 aromatic rings. The summed E-state index contributed by atoms with van der Waals surface area (Å²) in [5.74, 6) is 0.577. The fourth-order valence-corrected chi connectivity index (χ4v) is 2.72. The maximum absolute atomic E-state index is 12.9. The van der Waals surface area contributed by atoms with Crippen LogP contribution in [0.2, 0.25) is 0 Å². The van der Waals surface area contributed by atoms with E-state index in [9.17, 15) is 10.2 Å². The van der Waals surface area contributed by atoms with Crippen molar-refractivity contribution < 1.29 is 19.7 Å². The molecule has 0 saturated carbocycles. The third kappa shape index (κ3) is 4.53. The molecule has 0 saturated heterocycles. The van der Waals surface area contributed by atoms with Crippen molar-refractivity contribution in [2.45, 2.75) is 19.4 Å². The average molecular weight is 358 g/mol. The molecule has 0 aliphatic carbocycles. The number of ether oxygens (including phenoxy) is 2. The van der Waals surface area contributed by atoms with Crippen LogP contribution in [-0.4, -0.2) is 44.9 Å². The van der Waals surface area contributed by atoms with E-state index < -0.39 is 12.0 Å². The Labute approximate surface area is 154 Å². The summed E-state index contributed by atoms with van der Waals surface area (Å²) in [5.41, 5.74) is 1.17. The zero-order valence-corrected chi connectivity index (χ0v) is 15.7. The Morgan fingerprint density at radius 3 is 2.42 bits per heavy atom. The predicted octanol–water partition coefficient (Wildman–Crippen LogP) is 2.13. The lowest BCUT2D eigenvalue weighted by Crippen LogP contribution is -2.47. The van der Waals surface area contributed by atoms with Gasteiger partial charge in [0.2, 0.25) is 0 Å². The molecule has 2 unspecified atom stereocenters. The highest BCUT2D eigenvalue weighted by molar-refractivity contribution is 5.94. The Balaban J connectivity index is 2.49. The lowest BCUT2D eigenvalue weighted by atomic mass is 10.2. The number of nitrogens with zero attached hydrogens (tertiary/aromatic N) is 2. The van der Waals surface area contributed by atoms with Crippen LogP contribution in [-0.2, 0) is 0 Å². The number of aliphatic hydroxyl groups is 1. The van der Waals surface area contributed by atoms with Crippen LogP contribution in [0.4, 0.5) is 5.69 Å². The molecule has 0 aromatic heterocycles. The Morgan fingerprint density at radius 1 is 1.15 bits per heavy atom. The van der Waals surface area contributed by atoms with Crippen molar-refractivity contribution in [1.29, 1.82) is 0 Å². The van der Waals surface area contributed by atoms with Gasteiger partial charge in [-0.3, -0.25) is 0 Å². The van der Waals surface area contributed by atoms with E-state index in [0.717, 1.165) is 5.69 Å². The summed E-state index contributed by atoms with van der Waals surface area (Å²) in [6.45, 7) is 2.19. The number of para-hydroxylation sites is 1. The summed E-state index contributed by atoms with van der Waals surface area (Å²) >= 11 is 0. The fourth-order valence-electron chi connectivity index (χ4n) is 2.72. The van der Waals surface area contributed by atoms with E-state index in [4.69, 9.17) is 9.47 Å². The molecule has 26 heavy (non-hydrogen) atoms. The summed E-state index contributed by atoms with van der Waals surface area (Å²) in [6, 6.07) is 14.4. The van der Waals surface area contributed by atoms with Crippen molar-refractivity contribution in [1.82, 2.24) is 4.59 Å². The highest BCUT2D eigenvalue weighted by Crippen LogP contribution is 2.27. The van der Waals surface area contributed by atoms with Crippen molar-refractivity contribution in [2.75, 3.05) is 27.8 Å². The maximum atomic E-state index is 12.9. The van der Waals surface area contributed by atoms with Crippen LogP contribution in [0.25, 0.3) is 0 Å². The minimum absolute atomic E-state index is 0.0517. The molecular formula is C20H26N2O4. The van der Waals surface area contributed by atoms with Gasteiger partial charge in [-0.2, -0.15) is 4.59 Å². The minimum Gasteiger partial charge on any atom is -0.854 e. The fraction of sp³-hybridized carbons (Fsp3) is 0.350. The molecule has 0 fully saturated rings. The van der Waals surface area contributed by atoms with Gasteiger partial charge in [0, 0.05) is 23.8 Å². The molecule has 6 nitrogen and oxygen atoms in total. The Morgan fingerprint density at radius 2 is 1.85 bits per heavy atom. The highest BCUT2D eigenvalue weighted by atomic mass is 16.5. The van der Waals surface area contributed by atoms with E-state index in [1.807, 2.05) is 44.3 Å². The molecule has 0 aliphatic rings. The summed E-state index contributed by atoms with van der Waals surface area (Å²) in [5, 5.41) is 27.5. The smallest absolute Gasteiger partial charge is 0.159 e. The van der Waals surface area contributed by atoms with Crippen LogP contribution in [0, 0.1) is 0 Å². The Kier molecular flexibility index (Phi) is 6.60. The van der Waals surface area contributed by atoms with Gasteiger partial charge in [-0.05, 0) is 18.6 Å². The SMILES string of the molecule is CCC(O)C[N+](C)(/N=C(\[O-])c1ccc(OC)cc1OC)c1ccccc1. The summed E-state index contributed by atoms with van der Waals surface area (Å²) in [4.78, 5) is 0. The van der Waals surface area contributed by atoms with Gasteiger partial charge < -0.3 is 19.7 Å². The van der Waals surface area contributed by atoms with Gasteiger partial charge in [0.25, 0.3) is 0 Å². The zero-order chi connectivity index (χ0) is 19.2. The second kappa shape index (κ2) is 8.69. The Bertz CT molecular complexity index is 749. The zero-order valence-electron chi connectivity index (χ0n) is 15.7. The first-order chi connectivity index (χ1) is 12.4. The first-order valence-electron chi connectivity index (χ1n) is 8.52. The van der Waals surface area contributed by atoms with E-state index in [2.05, 4.69) is 5.10 Å². The lowest BCUT2D eigenvalue weighted by molar-refractivity contribution is -0.215. The number of methoxy groups -OCH3 is 2. The largest absolute Gasteiger partial charge is 0.854 e. The molecule has 0 aliphatic heterocycles. The van der Waals surface area contributed by atoms with E-state index >= 15 is 0 Å². The van der Waals surface area contributed by atoms with Crippen LogP contribution in [0.3, 0.4) is 0 Å². The first-order valence-corrected chi connectivity index (χ1v) is 8.52. The van der Waals surface area contributed by atoms with E-state index in [1.165, 1.54) is 7.11 Å². The molecule has 0 amide bonds. The molecular weight excluding hydrogens is 332 g/mol. The van der Waals surface area contributed by atoms with Gasteiger partial charge in [0.15, 0.2) is 5.69 Å². The molecule has 0 spiro atoms. The third-order valence-electron chi connectivity index (χ3n) is 4.30. The quantitative estimate of drug-likeness (QED) is 0.340. The standard InChI is InChI=1S/C20H26N2O4/c1-5-16(23)14-22(2,15-9-7-6-8-10-15)21-20(24)18-12-11-17(25-3)13-19(18)26-4/h6-13,16,23H,5,14H2,1-4H3. The number of rotatable bonds is 8. The maximum Gasteiger partial charge on any atom is 0.159 e. The molecule has 1 N–H and O–H groups in total. The molecule has 2 rings (SSSR count). The summed E-state index contributed by atoms with van der Waals surface area (Å²) in [6.07, 6.45) is 0.00508. The average Bonchev–Trinajstić information content (AvgIpc) is 2.67. The number of quaternary nitrogens is 1. The van der Waals surface area contributed by atoms with Crippen LogP contribution < -0.4 is 19.2 Å². The van der Waals surface area contributed by atoms with Crippen molar-refractivity contribution in [2.24, 2.45) is 5.10 Å². The second-order valence-electron chi connectivity index (χ2n) is 6.19. The van der Waals surface area contributed by atoms with Crippen LogP contribution >= 0.6 is 0 Å². The van der Waals surface area contributed by atoms with Crippen LogP contribution in [0.1, 0.15) is 18.9 Å². The van der Waals surface area contributed by atoms with Crippen LogP contribution in [0.5, 0.6) is 11.5 Å². The molecule has 140 valence electrons. The normalized spacial score (nSPS) is 15.2. The van der Waals surface area contributed by atoms with E-state index in [0.29, 0.717) is 30.0 Å². The third-order valence-corrected chi connectivity index (χ3v) is 4.30. The minimum atomic E-state index is -0.575. The molecule has 0 bridgehead atoms. The van der Waals surface area contributed by atoms with Gasteiger partial charge in [-0.25, -0.2) is 0 Å². The van der Waals surface area contributed by atoms with Gasteiger partial charge in [-0.1, -0.05) is 30.2 Å². The molecule has 2 aromatic carbocycles. The predicted molar refractivity (Wildman–Crippen MR) is 101 cm³/mol. The second-order valence-corrected chi connectivity index (χ2v) is 6.19. The van der Waals surface area contributed by atoms with E-state index in [-0.39, 0.29) is 4.59 Å². The number of hydrogen-bond acceptors (Lipinski definition) is 5. The Hall–Kier alpha value is -2.57. The van der Waals surface area contributed by atoms with Crippen LogP contribution in [0.15, 0.2) is 53.6 Å². The van der Waals surface area contributed by atoms with Crippen molar-refractivity contribution in [3.63, 3.8) is 0 Å². The first kappa shape index (κ1) is 19.8. The molecule has 0 heterocycles. The molecule has 0 radical (unpaired) electrons. The van der Waals surface area contributed by atoms with Crippen molar-refractivity contribution >= 4 is 11.6 Å². The lowest BCUT2D eigenvalue weighted by Gasteiger charge is -2.31. The topological polar surface area (TPSA) is 74.1 Å². The van der Waals surface area contributed by atoms with Gasteiger partial charge in [0.1, 0.15) is 24.1 Å². The molecule has 2 atom stereocenters. The summed E-state index contributed by atoms with van der Waals surface area (Å²) < 4.78 is 10.4. The number of hydrogen-bond donors (Lipinski definition) is 1. The number of likely N-dealkylation sites (N-methyl/N-ethyl adjacent to an activating group) is 1. The van der Waals surface area contributed by atoms with Gasteiger partial charge in [-0.15, -0.1) is 0 Å². The molecule has 6 heteroatoms. The number of benzene rings is 2. The van der Waals surface area contributed by atoms with Crippen molar-refractivity contribution in [3.05, 3.63) is 54.1 Å². The van der Waals surface area contributed by atoms with Crippen molar-refractivity contribution in [3.8, 4) is 11.5 Å².